The average molecular weight is 324 g/mol. The summed E-state index contributed by atoms with van der Waals surface area (Å²) in [6.45, 7) is 6.28. The summed E-state index contributed by atoms with van der Waals surface area (Å²) >= 11 is 5.89. The number of rotatable bonds is 8. The van der Waals surface area contributed by atoms with Crippen molar-refractivity contribution in [3.05, 3.63) is 41.9 Å². The second-order valence-corrected chi connectivity index (χ2v) is 6.44. The molecule has 2 aromatic rings. The molecule has 0 aliphatic carbocycles. The Morgan fingerprint density at radius 3 is 2.59 bits per heavy atom. The van der Waals surface area contributed by atoms with Crippen LogP contribution in [0, 0.1) is 11.3 Å². The molecule has 6 heteroatoms. The lowest BCUT2D eigenvalue weighted by molar-refractivity contribution is 0.0281. The van der Waals surface area contributed by atoms with Gasteiger partial charge in [-0.15, -0.1) is 0 Å². The number of ether oxygens (including phenoxy) is 2. The molecule has 0 saturated carbocycles. The van der Waals surface area contributed by atoms with Crippen molar-refractivity contribution >= 4 is 11.6 Å². The zero-order chi connectivity index (χ0) is 16.0. The molecule has 1 aromatic heterocycles. The molecule has 0 aliphatic heterocycles. The van der Waals surface area contributed by atoms with E-state index in [1.54, 1.807) is 19.8 Å². The largest absolute Gasteiger partial charge is 0.493 e. The van der Waals surface area contributed by atoms with E-state index in [-0.39, 0.29) is 11.3 Å². The van der Waals surface area contributed by atoms with E-state index in [9.17, 15) is 0 Å². The van der Waals surface area contributed by atoms with Gasteiger partial charge in [-0.25, -0.2) is 4.98 Å². The molecule has 22 heavy (non-hydrogen) atoms. The predicted octanol–water partition coefficient (Wildman–Crippen LogP) is 3.30. The third-order valence-corrected chi connectivity index (χ3v) is 4.01. The Hall–Kier alpha value is -1.59. The molecule has 0 radical (unpaired) electrons. The normalized spacial score (nSPS) is 13.1. The van der Waals surface area contributed by atoms with Crippen LogP contribution in [0.2, 0.25) is 5.02 Å². The van der Waals surface area contributed by atoms with Gasteiger partial charge in [0.05, 0.1) is 13.2 Å². The van der Waals surface area contributed by atoms with Crippen molar-refractivity contribution in [2.45, 2.75) is 20.4 Å². The van der Waals surface area contributed by atoms with E-state index in [0.717, 1.165) is 12.3 Å². The molecule has 120 valence electrons. The molecule has 1 aromatic carbocycles. The number of aromatic nitrogens is 3. The average Bonchev–Trinajstić information content (AvgIpc) is 2.98. The molecule has 1 unspecified atom stereocenters. The molecule has 0 N–H and O–H groups in total. The molecular formula is C16H22ClN3O2. The quantitative estimate of drug-likeness (QED) is 0.748. The number of hydrogen-bond acceptors (Lipinski definition) is 4. The molecule has 1 heterocycles. The van der Waals surface area contributed by atoms with Gasteiger partial charge in [0.25, 0.3) is 0 Å². The Kier molecular flexibility index (Phi) is 5.80. The summed E-state index contributed by atoms with van der Waals surface area (Å²) in [6, 6.07) is 7.39. The van der Waals surface area contributed by atoms with Crippen LogP contribution in [-0.2, 0) is 11.3 Å². The molecular weight excluding hydrogens is 302 g/mol. The lowest BCUT2D eigenvalue weighted by Gasteiger charge is -2.33. The maximum Gasteiger partial charge on any atom is 0.137 e. The van der Waals surface area contributed by atoms with Gasteiger partial charge in [0.1, 0.15) is 18.4 Å². The van der Waals surface area contributed by atoms with Crippen LogP contribution in [0.3, 0.4) is 0 Å². The van der Waals surface area contributed by atoms with Gasteiger partial charge in [-0.1, -0.05) is 25.4 Å². The number of hydrogen-bond donors (Lipinski definition) is 0. The van der Waals surface area contributed by atoms with E-state index in [1.165, 1.54) is 0 Å². The maximum atomic E-state index is 5.93. The second kappa shape index (κ2) is 7.61. The van der Waals surface area contributed by atoms with Crippen LogP contribution < -0.4 is 4.74 Å². The first-order valence-corrected chi connectivity index (χ1v) is 7.59. The number of benzene rings is 1. The van der Waals surface area contributed by atoms with Gasteiger partial charge in [-0.3, -0.25) is 4.68 Å². The Morgan fingerprint density at radius 1 is 1.27 bits per heavy atom. The van der Waals surface area contributed by atoms with Crippen LogP contribution in [0.4, 0.5) is 0 Å². The molecule has 1 atom stereocenters. The van der Waals surface area contributed by atoms with E-state index < -0.39 is 0 Å². The van der Waals surface area contributed by atoms with E-state index in [1.807, 2.05) is 28.9 Å². The van der Waals surface area contributed by atoms with Crippen LogP contribution in [0.25, 0.3) is 0 Å². The van der Waals surface area contributed by atoms with E-state index in [4.69, 9.17) is 21.1 Å². The zero-order valence-corrected chi connectivity index (χ0v) is 14.0. The SMILES string of the molecule is COCC(C)(C)C(COc1ccc(Cl)cc1)Cn1cncn1. The summed E-state index contributed by atoms with van der Waals surface area (Å²) in [7, 11) is 1.72. The Balaban J connectivity index is 2.04. The highest BCUT2D eigenvalue weighted by atomic mass is 35.5. The highest BCUT2D eigenvalue weighted by Crippen LogP contribution is 2.29. The minimum absolute atomic E-state index is 0.0485. The van der Waals surface area contributed by atoms with E-state index in [0.29, 0.717) is 18.2 Å². The van der Waals surface area contributed by atoms with Crippen molar-refractivity contribution in [2.75, 3.05) is 20.3 Å². The van der Waals surface area contributed by atoms with Crippen molar-refractivity contribution in [1.82, 2.24) is 14.8 Å². The van der Waals surface area contributed by atoms with Gasteiger partial charge < -0.3 is 9.47 Å². The topological polar surface area (TPSA) is 49.2 Å². The Bertz CT molecular complexity index is 555. The molecule has 0 aliphatic rings. The lowest BCUT2D eigenvalue weighted by atomic mass is 9.80. The fraction of sp³-hybridized carbons (Fsp3) is 0.500. The fourth-order valence-electron chi connectivity index (χ4n) is 2.30. The van der Waals surface area contributed by atoms with Gasteiger partial charge in [0.2, 0.25) is 0 Å². The molecule has 0 saturated heterocycles. The standard InChI is InChI=1S/C16H22ClN3O2/c1-16(2,10-21-3)13(8-20-12-18-11-19-20)9-22-15-6-4-14(17)5-7-15/h4-7,11-13H,8-10H2,1-3H3. The minimum atomic E-state index is -0.0485. The Labute approximate surface area is 136 Å². The number of nitrogens with zero attached hydrogens (tertiary/aromatic N) is 3. The van der Waals surface area contributed by atoms with Crippen molar-refractivity contribution in [2.24, 2.45) is 11.3 Å². The predicted molar refractivity (Wildman–Crippen MR) is 86.1 cm³/mol. The third-order valence-electron chi connectivity index (χ3n) is 3.76. The van der Waals surface area contributed by atoms with Crippen molar-refractivity contribution in [3.8, 4) is 5.75 Å². The molecule has 0 bridgehead atoms. The van der Waals surface area contributed by atoms with Crippen LogP contribution in [0.15, 0.2) is 36.9 Å². The summed E-state index contributed by atoms with van der Waals surface area (Å²) < 4.78 is 13.1. The van der Waals surface area contributed by atoms with Crippen molar-refractivity contribution in [1.29, 1.82) is 0 Å². The lowest BCUT2D eigenvalue weighted by Crippen LogP contribution is -2.36. The van der Waals surface area contributed by atoms with Gasteiger partial charge in [-0.2, -0.15) is 5.10 Å². The van der Waals surface area contributed by atoms with E-state index >= 15 is 0 Å². The highest BCUT2D eigenvalue weighted by molar-refractivity contribution is 6.30. The zero-order valence-electron chi connectivity index (χ0n) is 13.2. The number of methoxy groups -OCH3 is 1. The van der Waals surface area contributed by atoms with Crippen LogP contribution in [-0.4, -0.2) is 35.1 Å². The second-order valence-electron chi connectivity index (χ2n) is 6.00. The molecule has 0 fully saturated rings. The smallest absolute Gasteiger partial charge is 0.137 e. The first-order chi connectivity index (χ1) is 10.5. The van der Waals surface area contributed by atoms with Crippen molar-refractivity contribution in [3.63, 3.8) is 0 Å². The molecule has 5 nitrogen and oxygen atoms in total. The first kappa shape index (κ1) is 16.8. The summed E-state index contributed by atoms with van der Waals surface area (Å²) in [5.41, 5.74) is -0.0485. The van der Waals surface area contributed by atoms with Crippen LogP contribution in [0.1, 0.15) is 13.8 Å². The van der Waals surface area contributed by atoms with Gasteiger partial charge in [-0.05, 0) is 29.7 Å². The third kappa shape index (κ3) is 4.71. The summed E-state index contributed by atoms with van der Waals surface area (Å²) in [5.74, 6) is 1.03. The van der Waals surface area contributed by atoms with Crippen LogP contribution >= 0.6 is 11.6 Å². The van der Waals surface area contributed by atoms with Gasteiger partial charge >= 0.3 is 0 Å². The molecule has 0 amide bonds. The summed E-state index contributed by atoms with van der Waals surface area (Å²) in [5, 5.41) is 4.89. The van der Waals surface area contributed by atoms with Crippen LogP contribution in [0.5, 0.6) is 5.75 Å². The van der Waals surface area contributed by atoms with E-state index in [2.05, 4.69) is 23.9 Å². The molecule has 0 spiro atoms. The summed E-state index contributed by atoms with van der Waals surface area (Å²) in [6.07, 6.45) is 3.26. The Morgan fingerprint density at radius 2 is 2.00 bits per heavy atom. The first-order valence-electron chi connectivity index (χ1n) is 7.21. The summed E-state index contributed by atoms with van der Waals surface area (Å²) in [4.78, 5) is 4.00. The number of halogens is 1. The fourth-order valence-corrected chi connectivity index (χ4v) is 2.42. The monoisotopic (exact) mass is 323 g/mol. The van der Waals surface area contributed by atoms with Crippen molar-refractivity contribution < 1.29 is 9.47 Å². The minimum Gasteiger partial charge on any atom is -0.493 e. The maximum absolute atomic E-state index is 5.93. The van der Waals surface area contributed by atoms with Gasteiger partial charge in [0.15, 0.2) is 0 Å². The van der Waals surface area contributed by atoms with Gasteiger partial charge in [0, 0.05) is 24.6 Å². The highest BCUT2D eigenvalue weighted by Gasteiger charge is 2.31. The molecule has 2 rings (SSSR count).